The molecule has 98 valence electrons. The average Bonchev–Trinajstić information content (AvgIpc) is 2.27. The van der Waals surface area contributed by atoms with Crippen LogP contribution in [-0.2, 0) is 22.7 Å². The lowest BCUT2D eigenvalue weighted by Crippen LogP contribution is -2.39. The SMILES string of the molecule is CC(=O)CCn1ccc(=O)n(CCC(C)=O)c1=O. The van der Waals surface area contributed by atoms with E-state index in [1.54, 1.807) is 0 Å². The number of carbonyl (C=O) groups is 2. The van der Waals surface area contributed by atoms with Gasteiger partial charge in [0.05, 0.1) is 0 Å². The minimum Gasteiger partial charge on any atom is -0.300 e. The first-order valence-corrected chi connectivity index (χ1v) is 5.71. The summed E-state index contributed by atoms with van der Waals surface area (Å²) in [5.41, 5.74) is -0.912. The maximum absolute atomic E-state index is 11.9. The third kappa shape index (κ3) is 3.80. The van der Waals surface area contributed by atoms with E-state index < -0.39 is 11.2 Å². The number of nitrogens with zero attached hydrogens (tertiary/aromatic N) is 2. The Hall–Kier alpha value is -1.98. The van der Waals surface area contributed by atoms with E-state index in [4.69, 9.17) is 0 Å². The predicted molar refractivity (Wildman–Crippen MR) is 65.6 cm³/mol. The van der Waals surface area contributed by atoms with Crippen LogP contribution in [-0.4, -0.2) is 20.7 Å². The summed E-state index contributed by atoms with van der Waals surface area (Å²) in [7, 11) is 0. The molecule has 1 rings (SSSR count). The van der Waals surface area contributed by atoms with Gasteiger partial charge >= 0.3 is 5.69 Å². The fourth-order valence-corrected chi connectivity index (χ4v) is 1.48. The Morgan fingerprint density at radius 1 is 1.06 bits per heavy atom. The zero-order valence-corrected chi connectivity index (χ0v) is 10.5. The van der Waals surface area contributed by atoms with Crippen LogP contribution < -0.4 is 11.2 Å². The van der Waals surface area contributed by atoms with Crippen molar-refractivity contribution in [1.29, 1.82) is 0 Å². The van der Waals surface area contributed by atoms with Crippen LogP contribution in [0.2, 0.25) is 0 Å². The van der Waals surface area contributed by atoms with Crippen LogP contribution in [0.15, 0.2) is 21.9 Å². The van der Waals surface area contributed by atoms with Crippen LogP contribution in [0, 0.1) is 0 Å². The van der Waals surface area contributed by atoms with Gasteiger partial charge in [-0.2, -0.15) is 0 Å². The lowest BCUT2D eigenvalue weighted by atomic mass is 10.3. The molecule has 0 aliphatic rings. The highest BCUT2D eigenvalue weighted by atomic mass is 16.2. The summed E-state index contributed by atoms with van der Waals surface area (Å²) in [6, 6.07) is 1.27. The summed E-state index contributed by atoms with van der Waals surface area (Å²) >= 11 is 0. The first-order valence-electron chi connectivity index (χ1n) is 5.71. The Morgan fingerprint density at radius 3 is 2.17 bits per heavy atom. The van der Waals surface area contributed by atoms with Gasteiger partial charge in [-0.25, -0.2) is 4.79 Å². The number of hydrogen-bond acceptors (Lipinski definition) is 4. The van der Waals surface area contributed by atoms with Gasteiger partial charge in [-0.15, -0.1) is 0 Å². The van der Waals surface area contributed by atoms with Gasteiger partial charge in [0, 0.05) is 38.2 Å². The fraction of sp³-hybridized carbons (Fsp3) is 0.500. The summed E-state index contributed by atoms with van der Waals surface area (Å²) in [6.45, 7) is 3.17. The highest BCUT2D eigenvalue weighted by Gasteiger charge is 2.06. The Kier molecular flexibility index (Phi) is 4.76. The Labute approximate surface area is 104 Å². The number of rotatable bonds is 6. The van der Waals surface area contributed by atoms with E-state index in [9.17, 15) is 19.2 Å². The van der Waals surface area contributed by atoms with E-state index in [1.807, 2.05) is 0 Å². The van der Waals surface area contributed by atoms with Gasteiger partial charge in [-0.05, 0) is 13.8 Å². The largest absolute Gasteiger partial charge is 0.330 e. The number of carbonyl (C=O) groups excluding carboxylic acids is 2. The number of hydrogen-bond donors (Lipinski definition) is 0. The summed E-state index contributed by atoms with van der Waals surface area (Å²) in [5, 5.41) is 0. The third-order valence-electron chi connectivity index (χ3n) is 2.53. The van der Waals surface area contributed by atoms with Crippen LogP contribution in [0.25, 0.3) is 0 Å². The quantitative estimate of drug-likeness (QED) is 0.712. The zero-order chi connectivity index (χ0) is 13.7. The van der Waals surface area contributed by atoms with Crippen molar-refractivity contribution < 1.29 is 9.59 Å². The fourth-order valence-electron chi connectivity index (χ4n) is 1.48. The highest BCUT2D eigenvalue weighted by molar-refractivity contribution is 5.75. The van der Waals surface area contributed by atoms with Gasteiger partial charge in [0.1, 0.15) is 11.6 Å². The highest BCUT2D eigenvalue weighted by Crippen LogP contribution is 1.89. The van der Waals surface area contributed by atoms with E-state index in [2.05, 4.69) is 0 Å². The summed E-state index contributed by atoms with van der Waals surface area (Å²) in [5.74, 6) is -0.108. The second-order valence-corrected chi connectivity index (χ2v) is 4.19. The molecule has 0 aromatic carbocycles. The number of Topliss-reactive ketones (excluding diaryl/α,β-unsaturated/α-hetero) is 2. The van der Waals surface area contributed by atoms with Gasteiger partial charge < -0.3 is 0 Å². The van der Waals surface area contributed by atoms with Gasteiger partial charge in [-0.1, -0.05) is 0 Å². The van der Waals surface area contributed by atoms with Crippen LogP contribution in [0.4, 0.5) is 0 Å². The van der Waals surface area contributed by atoms with Gasteiger partial charge in [-0.3, -0.25) is 23.5 Å². The van der Waals surface area contributed by atoms with Gasteiger partial charge in [0.15, 0.2) is 0 Å². The molecular formula is C12H16N2O4. The topological polar surface area (TPSA) is 78.1 Å². The first kappa shape index (κ1) is 14.1. The molecule has 0 radical (unpaired) electrons. The maximum Gasteiger partial charge on any atom is 0.330 e. The average molecular weight is 252 g/mol. The van der Waals surface area contributed by atoms with Crippen molar-refractivity contribution in [3.05, 3.63) is 33.1 Å². The molecule has 0 saturated heterocycles. The molecule has 0 N–H and O–H groups in total. The molecule has 0 bridgehead atoms. The number of aromatic nitrogens is 2. The van der Waals surface area contributed by atoms with Crippen molar-refractivity contribution in [1.82, 2.24) is 9.13 Å². The Bertz CT molecular complexity index is 568. The molecule has 1 aromatic heterocycles. The van der Waals surface area contributed by atoms with E-state index in [0.29, 0.717) is 0 Å². The normalized spacial score (nSPS) is 10.3. The van der Waals surface area contributed by atoms with Crippen molar-refractivity contribution >= 4 is 11.6 Å². The second-order valence-electron chi connectivity index (χ2n) is 4.19. The Morgan fingerprint density at radius 2 is 1.61 bits per heavy atom. The lowest BCUT2D eigenvalue weighted by molar-refractivity contribution is -0.118. The van der Waals surface area contributed by atoms with Gasteiger partial charge in [0.25, 0.3) is 5.56 Å². The van der Waals surface area contributed by atoms with Crippen molar-refractivity contribution in [2.45, 2.75) is 39.8 Å². The van der Waals surface area contributed by atoms with E-state index >= 15 is 0 Å². The summed E-state index contributed by atoms with van der Waals surface area (Å²) in [6.07, 6.45) is 1.76. The molecular weight excluding hydrogens is 236 g/mol. The number of aryl methyl sites for hydroxylation is 1. The molecule has 0 saturated carbocycles. The molecule has 0 amide bonds. The molecule has 0 spiro atoms. The van der Waals surface area contributed by atoms with E-state index in [-0.39, 0.29) is 37.5 Å². The van der Waals surface area contributed by atoms with Crippen LogP contribution in [0.1, 0.15) is 26.7 Å². The summed E-state index contributed by atoms with van der Waals surface area (Å²) in [4.78, 5) is 45.2. The minimum atomic E-state index is -0.481. The molecule has 0 aliphatic carbocycles. The number of ketones is 2. The van der Waals surface area contributed by atoms with Crippen molar-refractivity contribution in [3.8, 4) is 0 Å². The minimum absolute atomic E-state index is 0.0246. The molecule has 6 nitrogen and oxygen atoms in total. The van der Waals surface area contributed by atoms with Crippen LogP contribution in [0.5, 0.6) is 0 Å². The van der Waals surface area contributed by atoms with Crippen molar-refractivity contribution in [2.75, 3.05) is 0 Å². The monoisotopic (exact) mass is 252 g/mol. The van der Waals surface area contributed by atoms with Crippen LogP contribution >= 0.6 is 0 Å². The van der Waals surface area contributed by atoms with Gasteiger partial charge in [0.2, 0.25) is 0 Å². The lowest BCUT2D eigenvalue weighted by Gasteiger charge is -2.08. The Balaban J connectivity index is 2.99. The molecule has 0 unspecified atom stereocenters. The molecule has 0 aliphatic heterocycles. The molecule has 1 heterocycles. The van der Waals surface area contributed by atoms with Crippen molar-refractivity contribution in [3.63, 3.8) is 0 Å². The zero-order valence-electron chi connectivity index (χ0n) is 10.5. The maximum atomic E-state index is 11.9. The van der Waals surface area contributed by atoms with Crippen LogP contribution in [0.3, 0.4) is 0 Å². The standard InChI is InChI=1S/C12H16N2O4/c1-9(15)3-6-13-7-5-11(17)14(12(13)18)8-4-10(2)16/h5,7H,3-4,6,8H2,1-2H3. The predicted octanol–water partition coefficient (Wildman–Crippen LogP) is -0.0318. The second kappa shape index (κ2) is 6.09. The molecule has 0 fully saturated rings. The molecule has 0 atom stereocenters. The summed E-state index contributed by atoms with van der Waals surface area (Å²) < 4.78 is 2.32. The smallest absolute Gasteiger partial charge is 0.300 e. The first-order chi connectivity index (χ1) is 8.41. The third-order valence-corrected chi connectivity index (χ3v) is 2.53. The molecule has 1 aromatic rings. The molecule has 18 heavy (non-hydrogen) atoms. The van der Waals surface area contributed by atoms with E-state index in [0.717, 1.165) is 4.57 Å². The van der Waals surface area contributed by atoms with Crippen molar-refractivity contribution in [2.24, 2.45) is 0 Å². The van der Waals surface area contributed by atoms with E-state index in [1.165, 1.54) is 30.7 Å². The molecule has 6 heteroatoms.